The lowest BCUT2D eigenvalue weighted by atomic mass is 10.1. The largest absolute Gasteiger partial charge is 0.494 e. The summed E-state index contributed by atoms with van der Waals surface area (Å²) >= 11 is 0. The van der Waals surface area contributed by atoms with Gasteiger partial charge < -0.3 is 20.1 Å². The van der Waals surface area contributed by atoms with Crippen LogP contribution in [0.4, 0.5) is 21.7 Å². The summed E-state index contributed by atoms with van der Waals surface area (Å²) in [6, 6.07) is 6.51. The first-order chi connectivity index (χ1) is 17.9. The third kappa shape index (κ3) is 5.16. The number of nitrogens with one attached hydrogen (secondary N) is 2. The fourth-order valence-electron chi connectivity index (χ4n) is 4.01. The van der Waals surface area contributed by atoms with E-state index in [4.69, 9.17) is 9.47 Å². The average molecular weight is 502 g/mol. The third-order valence-electron chi connectivity index (χ3n) is 5.81. The SMILES string of the molecule is C=CC(=O)Nc1cc(Nc2ncc3nccc(-c4cncc(F)c4)c3n2)c(OC)cc1OC1CN(C)C1. The van der Waals surface area contributed by atoms with Gasteiger partial charge in [-0.25, -0.2) is 14.4 Å². The molecule has 1 aliphatic heterocycles. The van der Waals surface area contributed by atoms with Crippen LogP contribution >= 0.6 is 0 Å². The molecule has 1 saturated heterocycles. The highest BCUT2D eigenvalue weighted by Gasteiger charge is 2.27. The van der Waals surface area contributed by atoms with E-state index in [-0.39, 0.29) is 18.0 Å². The molecule has 1 fully saturated rings. The van der Waals surface area contributed by atoms with Crippen molar-refractivity contribution in [2.45, 2.75) is 6.10 Å². The first-order valence-corrected chi connectivity index (χ1v) is 11.4. The van der Waals surface area contributed by atoms with E-state index < -0.39 is 5.82 Å². The number of amides is 1. The molecule has 1 amide bonds. The van der Waals surface area contributed by atoms with E-state index in [1.54, 1.807) is 36.8 Å². The molecule has 0 bridgehead atoms. The summed E-state index contributed by atoms with van der Waals surface area (Å²) in [5, 5.41) is 5.93. The van der Waals surface area contributed by atoms with E-state index in [2.05, 4.69) is 42.0 Å². The predicted octanol–water partition coefficient (Wildman–Crippen LogP) is 3.80. The highest BCUT2D eigenvalue weighted by molar-refractivity contribution is 6.00. The van der Waals surface area contributed by atoms with Crippen LogP contribution in [0.2, 0.25) is 0 Å². The van der Waals surface area contributed by atoms with Crippen molar-refractivity contribution < 1.29 is 18.7 Å². The van der Waals surface area contributed by atoms with Gasteiger partial charge in [0, 0.05) is 42.7 Å². The Bertz CT molecular complexity index is 1490. The molecule has 0 saturated carbocycles. The van der Waals surface area contributed by atoms with Crippen molar-refractivity contribution in [3.8, 4) is 22.6 Å². The number of aromatic nitrogens is 4. The van der Waals surface area contributed by atoms with Gasteiger partial charge in [0.2, 0.25) is 11.9 Å². The number of halogens is 1. The van der Waals surface area contributed by atoms with E-state index >= 15 is 0 Å². The number of pyridine rings is 2. The Labute approximate surface area is 212 Å². The number of rotatable bonds is 8. The van der Waals surface area contributed by atoms with Crippen LogP contribution in [0.1, 0.15) is 0 Å². The first kappa shape index (κ1) is 24.1. The lowest BCUT2D eigenvalue weighted by molar-refractivity contribution is -0.111. The van der Waals surface area contributed by atoms with Crippen LogP contribution in [0.3, 0.4) is 0 Å². The van der Waals surface area contributed by atoms with Crippen molar-refractivity contribution in [2.24, 2.45) is 0 Å². The molecule has 0 atom stereocenters. The quantitative estimate of drug-likeness (QED) is 0.348. The number of benzene rings is 1. The molecule has 188 valence electrons. The zero-order valence-corrected chi connectivity index (χ0v) is 20.2. The van der Waals surface area contributed by atoms with Gasteiger partial charge in [0.1, 0.15) is 34.5 Å². The Kier molecular flexibility index (Phi) is 6.60. The van der Waals surface area contributed by atoms with Crippen LogP contribution in [0.15, 0.2) is 61.7 Å². The molecule has 0 spiro atoms. The number of hydrogen-bond acceptors (Lipinski definition) is 9. The van der Waals surface area contributed by atoms with E-state index in [9.17, 15) is 9.18 Å². The second-order valence-corrected chi connectivity index (χ2v) is 8.51. The molecule has 11 heteroatoms. The van der Waals surface area contributed by atoms with Crippen molar-refractivity contribution >= 4 is 34.3 Å². The number of anilines is 3. The molecule has 1 aromatic carbocycles. The molecule has 4 aromatic rings. The van der Waals surface area contributed by atoms with Crippen molar-refractivity contribution in [3.63, 3.8) is 0 Å². The average Bonchev–Trinajstić information content (AvgIpc) is 2.88. The lowest BCUT2D eigenvalue weighted by Gasteiger charge is -2.36. The molecule has 3 aromatic heterocycles. The van der Waals surface area contributed by atoms with Gasteiger partial charge in [0.25, 0.3) is 0 Å². The van der Waals surface area contributed by atoms with Gasteiger partial charge in [0.05, 0.1) is 30.9 Å². The van der Waals surface area contributed by atoms with Crippen LogP contribution in [0.5, 0.6) is 11.5 Å². The molecule has 4 heterocycles. The standard InChI is InChI=1S/C26H24FN7O3/c1-4-24(35)31-20-8-19(22(36-3)9-23(20)37-17-13-34(2)14-17)32-26-30-12-21-25(33-26)18(5-6-29-21)15-7-16(27)11-28-10-15/h4-12,17H,1,13-14H2,2-3H3,(H,31,35)(H,30,32,33). The van der Waals surface area contributed by atoms with E-state index in [0.717, 1.165) is 19.3 Å². The number of nitrogens with zero attached hydrogens (tertiary/aromatic N) is 5. The van der Waals surface area contributed by atoms with E-state index in [1.807, 2.05) is 7.05 Å². The Hall–Kier alpha value is -4.64. The second kappa shape index (κ2) is 10.2. The maximum atomic E-state index is 13.8. The number of hydrogen-bond donors (Lipinski definition) is 2. The number of fused-ring (bicyclic) bond motifs is 1. The van der Waals surface area contributed by atoms with Crippen molar-refractivity contribution in [2.75, 3.05) is 37.9 Å². The smallest absolute Gasteiger partial charge is 0.247 e. The van der Waals surface area contributed by atoms with Gasteiger partial charge in [-0.05, 0) is 31.3 Å². The number of ether oxygens (including phenoxy) is 2. The van der Waals surface area contributed by atoms with Crippen LogP contribution in [-0.2, 0) is 4.79 Å². The van der Waals surface area contributed by atoms with Crippen LogP contribution in [-0.4, -0.2) is 64.1 Å². The summed E-state index contributed by atoms with van der Waals surface area (Å²) in [6.45, 7) is 5.08. The summed E-state index contributed by atoms with van der Waals surface area (Å²) in [4.78, 5) is 31.5. The Morgan fingerprint density at radius 2 is 2.00 bits per heavy atom. The van der Waals surface area contributed by atoms with E-state index in [1.165, 1.54) is 19.3 Å². The zero-order valence-electron chi connectivity index (χ0n) is 20.2. The van der Waals surface area contributed by atoms with Crippen LogP contribution < -0.4 is 20.1 Å². The van der Waals surface area contributed by atoms with Crippen molar-refractivity contribution in [1.82, 2.24) is 24.8 Å². The minimum absolute atomic E-state index is 0.0000429. The van der Waals surface area contributed by atoms with Gasteiger partial charge in [-0.1, -0.05) is 6.58 Å². The summed E-state index contributed by atoms with van der Waals surface area (Å²) in [5.41, 5.74) is 3.21. The Morgan fingerprint density at radius 3 is 2.73 bits per heavy atom. The summed E-state index contributed by atoms with van der Waals surface area (Å²) in [6.07, 6.45) is 7.05. The van der Waals surface area contributed by atoms with Gasteiger partial charge >= 0.3 is 0 Å². The van der Waals surface area contributed by atoms with Crippen molar-refractivity contribution in [1.29, 1.82) is 0 Å². The summed E-state index contributed by atoms with van der Waals surface area (Å²) in [7, 11) is 3.53. The highest BCUT2D eigenvalue weighted by atomic mass is 19.1. The molecule has 37 heavy (non-hydrogen) atoms. The number of methoxy groups -OCH3 is 1. The normalized spacial score (nSPS) is 13.6. The summed E-state index contributed by atoms with van der Waals surface area (Å²) in [5.74, 6) is 0.348. The maximum absolute atomic E-state index is 13.8. The van der Waals surface area contributed by atoms with Gasteiger partial charge in [-0.15, -0.1) is 0 Å². The maximum Gasteiger partial charge on any atom is 0.247 e. The molecule has 10 nitrogen and oxygen atoms in total. The first-order valence-electron chi connectivity index (χ1n) is 11.4. The van der Waals surface area contributed by atoms with Gasteiger partial charge in [0.15, 0.2) is 0 Å². The molecular formula is C26H24FN7O3. The molecule has 0 aliphatic carbocycles. The number of carbonyl (C=O) groups is 1. The fourth-order valence-corrected chi connectivity index (χ4v) is 4.01. The minimum atomic E-state index is -0.454. The Balaban J connectivity index is 1.52. The predicted molar refractivity (Wildman–Crippen MR) is 138 cm³/mol. The van der Waals surface area contributed by atoms with E-state index in [0.29, 0.717) is 45.0 Å². The number of carbonyl (C=O) groups excluding carboxylic acids is 1. The highest BCUT2D eigenvalue weighted by Crippen LogP contribution is 2.39. The van der Waals surface area contributed by atoms with Crippen LogP contribution in [0, 0.1) is 5.82 Å². The minimum Gasteiger partial charge on any atom is -0.494 e. The molecule has 0 unspecified atom stereocenters. The van der Waals surface area contributed by atoms with Gasteiger partial charge in [-0.2, -0.15) is 0 Å². The van der Waals surface area contributed by atoms with Gasteiger partial charge in [-0.3, -0.25) is 19.7 Å². The zero-order chi connectivity index (χ0) is 25.9. The monoisotopic (exact) mass is 501 g/mol. The molecule has 0 radical (unpaired) electrons. The fraction of sp³-hybridized carbons (Fsp3) is 0.192. The summed E-state index contributed by atoms with van der Waals surface area (Å²) < 4.78 is 25.5. The molecule has 5 rings (SSSR count). The Morgan fingerprint density at radius 1 is 1.16 bits per heavy atom. The molecule has 1 aliphatic rings. The molecular weight excluding hydrogens is 477 g/mol. The third-order valence-corrected chi connectivity index (χ3v) is 5.81. The second-order valence-electron chi connectivity index (χ2n) is 8.51. The molecule has 2 N–H and O–H groups in total. The van der Waals surface area contributed by atoms with Crippen molar-refractivity contribution in [3.05, 3.63) is 67.5 Å². The topological polar surface area (TPSA) is 114 Å². The van der Waals surface area contributed by atoms with Crippen LogP contribution in [0.25, 0.3) is 22.2 Å². The number of likely N-dealkylation sites (N-methyl/N-ethyl adjacent to an activating group) is 1. The lowest BCUT2D eigenvalue weighted by Crippen LogP contribution is -2.51. The number of likely N-dealkylation sites (tertiary alicyclic amines) is 1.